The fraction of sp³-hybridized carbons (Fsp3) is 0.625. The largest absolute Gasteiger partial charge is 0.484 e. The van der Waals surface area contributed by atoms with E-state index in [0.717, 1.165) is 18.8 Å². The zero-order valence-electron chi connectivity index (χ0n) is 13.0. The topological polar surface area (TPSA) is 64.4 Å². The summed E-state index contributed by atoms with van der Waals surface area (Å²) < 4.78 is 5.57. The second kappa shape index (κ2) is 6.78. The molecule has 1 fully saturated rings. The molecule has 0 aliphatic heterocycles. The molecule has 116 valence electrons. The third kappa shape index (κ3) is 4.34. The molecule has 0 bridgehead atoms. The van der Waals surface area contributed by atoms with E-state index < -0.39 is 0 Å². The van der Waals surface area contributed by atoms with Gasteiger partial charge in [-0.05, 0) is 44.7 Å². The maximum atomic E-state index is 11.4. The standard InChI is InChI=1S/C16H24N2O3/c1-4-13(10-12-8-9-12)17-14-6-5-7-15(21-11(2)3)16(14)18(19)20/h5-7,11-13,17H,4,8-10H2,1-3H3. The molecule has 2 rings (SSSR count). The van der Waals surface area contributed by atoms with Gasteiger partial charge in [-0.1, -0.05) is 25.8 Å². The maximum absolute atomic E-state index is 11.4. The van der Waals surface area contributed by atoms with Crippen molar-refractivity contribution in [2.45, 2.75) is 58.6 Å². The van der Waals surface area contributed by atoms with E-state index in [1.807, 2.05) is 13.8 Å². The van der Waals surface area contributed by atoms with Gasteiger partial charge in [0.05, 0.1) is 11.0 Å². The minimum atomic E-state index is -0.357. The summed E-state index contributed by atoms with van der Waals surface area (Å²) in [6.45, 7) is 5.85. The van der Waals surface area contributed by atoms with Crippen molar-refractivity contribution in [1.82, 2.24) is 0 Å². The molecule has 1 unspecified atom stereocenters. The Bertz CT molecular complexity index is 498. The number of para-hydroxylation sites is 1. The number of hydrogen-bond acceptors (Lipinski definition) is 4. The van der Waals surface area contributed by atoms with Gasteiger partial charge >= 0.3 is 5.69 Å². The molecule has 5 heteroatoms. The van der Waals surface area contributed by atoms with E-state index in [0.29, 0.717) is 11.4 Å². The molecule has 1 saturated carbocycles. The summed E-state index contributed by atoms with van der Waals surface area (Å²) in [5.41, 5.74) is 0.603. The fourth-order valence-electron chi connectivity index (χ4n) is 2.48. The van der Waals surface area contributed by atoms with Crippen LogP contribution in [0.2, 0.25) is 0 Å². The Kier molecular flexibility index (Phi) is 5.04. The number of anilines is 1. The molecule has 1 N–H and O–H groups in total. The van der Waals surface area contributed by atoms with Crippen LogP contribution in [-0.2, 0) is 0 Å². The van der Waals surface area contributed by atoms with Gasteiger partial charge < -0.3 is 10.1 Å². The molecule has 0 saturated heterocycles. The van der Waals surface area contributed by atoms with Crippen molar-refractivity contribution in [1.29, 1.82) is 0 Å². The van der Waals surface area contributed by atoms with Gasteiger partial charge in [0, 0.05) is 6.04 Å². The van der Waals surface area contributed by atoms with Gasteiger partial charge in [0.15, 0.2) is 5.75 Å². The van der Waals surface area contributed by atoms with Crippen molar-refractivity contribution in [3.05, 3.63) is 28.3 Å². The third-order valence-electron chi connectivity index (χ3n) is 3.71. The second-order valence-corrected chi connectivity index (χ2v) is 6.00. The number of ether oxygens (including phenoxy) is 1. The molecule has 21 heavy (non-hydrogen) atoms. The van der Waals surface area contributed by atoms with Crippen LogP contribution in [0, 0.1) is 16.0 Å². The summed E-state index contributed by atoms with van der Waals surface area (Å²) >= 11 is 0. The lowest BCUT2D eigenvalue weighted by atomic mass is 10.1. The van der Waals surface area contributed by atoms with Crippen LogP contribution >= 0.6 is 0 Å². The average molecular weight is 292 g/mol. The summed E-state index contributed by atoms with van der Waals surface area (Å²) in [7, 11) is 0. The minimum absolute atomic E-state index is 0.0421. The Morgan fingerprint density at radius 3 is 2.67 bits per heavy atom. The first-order valence-electron chi connectivity index (χ1n) is 7.71. The van der Waals surface area contributed by atoms with Crippen molar-refractivity contribution in [3.63, 3.8) is 0 Å². The number of nitro groups is 1. The quantitative estimate of drug-likeness (QED) is 0.570. The van der Waals surface area contributed by atoms with Gasteiger partial charge in [-0.3, -0.25) is 10.1 Å². The number of nitrogens with one attached hydrogen (secondary N) is 1. The molecule has 1 aromatic carbocycles. The van der Waals surface area contributed by atoms with Gasteiger partial charge in [0.2, 0.25) is 0 Å². The summed E-state index contributed by atoms with van der Waals surface area (Å²) in [4.78, 5) is 11.1. The molecule has 5 nitrogen and oxygen atoms in total. The number of nitrogens with zero attached hydrogens (tertiary/aromatic N) is 1. The van der Waals surface area contributed by atoms with Gasteiger partial charge in [-0.2, -0.15) is 0 Å². The van der Waals surface area contributed by atoms with Crippen LogP contribution in [0.4, 0.5) is 11.4 Å². The number of benzene rings is 1. The molecular weight excluding hydrogens is 268 g/mol. The second-order valence-electron chi connectivity index (χ2n) is 6.00. The van der Waals surface area contributed by atoms with E-state index in [9.17, 15) is 10.1 Å². The summed E-state index contributed by atoms with van der Waals surface area (Å²) in [6, 6.07) is 5.51. The summed E-state index contributed by atoms with van der Waals surface area (Å²) in [5.74, 6) is 1.12. The molecule has 1 atom stereocenters. The zero-order valence-corrected chi connectivity index (χ0v) is 13.0. The highest BCUT2D eigenvalue weighted by Crippen LogP contribution is 2.38. The van der Waals surface area contributed by atoms with Crippen LogP contribution in [0.1, 0.15) is 46.5 Å². The molecule has 1 aliphatic carbocycles. The van der Waals surface area contributed by atoms with Crippen molar-refractivity contribution < 1.29 is 9.66 Å². The number of rotatable bonds is 8. The van der Waals surface area contributed by atoms with Gasteiger partial charge in [-0.25, -0.2) is 0 Å². The lowest BCUT2D eigenvalue weighted by Gasteiger charge is -2.19. The van der Waals surface area contributed by atoms with Gasteiger partial charge in [0.1, 0.15) is 5.69 Å². The summed E-state index contributed by atoms with van der Waals surface area (Å²) in [6.07, 6.45) is 4.53. The predicted molar refractivity (Wildman–Crippen MR) is 83.9 cm³/mol. The molecule has 0 amide bonds. The van der Waals surface area contributed by atoms with Crippen LogP contribution in [-0.4, -0.2) is 17.1 Å². The molecule has 0 spiro atoms. The molecule has 0 aromatic heterocycles. The predicted octanol–water partition coefficient (Wildman–Crippen LogP) is 4.37. The highest BCUT2D eigenvalue weighted by Gasteiger charge is 2.27. The SMILES string of the molecule is CCC(CC1CC1)Nc1cccc(OC(C)C)c1[N+](=O)[O-]. The van der Waals surface area contributed by atoms with E-state index >= 15 is 0 Å². The Morgan fingerprint density at radius 1 is 1.43 bits per heavy atom. The van der Waals surface area contributed by atoms with E-state index in [1.54, 1.807) is 18.2 Å². The van der Waals surface area contributed by atoms with E-state index in [4.69, 9.17) is 4.74 Å². The van der Waals surface area contributed by atoms with Gasteiger partial charge in [0.25, 0.3) is 0 Å². The Morgan fingerprint density at radius 2 is 2.14 bits per heavy atom. The lowest BCUT2D eigenvalue weighted by molar-refractivity contribution is -0.385. The fourth-order valence-corrected chi connectivity index (χ4v) is 2.48. The lowest BCUT2D eigenvalue weighted by Crippen LogP contribution is -2.20. The van der Waals surface area contributed by atoms with Crippen LogP contribution in [0.3, 0.4) is 0 Å². The van der Waals surface area contributed by atoms with Crippen molar-refractivity contribution >= 4 is 11.4 Å². The highest BCUT2D eigenvalue weighted by molar-refractivity contribution is 5.68. The summed E-state index contributed by atoms with van der Waals surface area (Å²) in [5, 5.41) is 14.8. The van der Waals surface area contributed by atoms with Crippen molar-refractivity contribution in [3.8, 4) is 5.75 Å². The average Bonchev–Trinajstić information content (AvgIpc) is 3.21. The van der Waals surface area contributed by atoms with E-state index in [2.05, 4.69) is 12.2 Å². The Hall–Kier alpha value is -1.78. The Balaban J connectivity index is 2.21. The number of hydrogen-bond donors (Lipinski definition) is 1. The van der Waals surface area contributed by atoms with Crippen LogP contribution in [0.5, 0.6) is 5.75 Å². The van der Waals surface area contributed by atoms with E-state index in [1.165, 1.54) is 12.8 Å². The zero-order chi connectivity index (χ0) is 15.4. The van der Waals surface area contributed by atoms with Crippen LogP contribution in [0.25, 0.3) is 0 Å². The first kappa shape index (κ1) is 15.6. The maximum Gasteiger partial charge on any atom is 0.333 e. The Labute approximate surface area is 125 Å². The van der Waals surface area contributed by atoms with Crippen molar-refractivity contribution in [2.75, 3.05) is 5.32 Å². The smallest absolute Gasteiger partial charge is 0.333 e. The minimum Gasteiger partial charge on any atom is -0.484 e. The highest BCUT2D eigenvalue weighted by atomic mass is 16.6. The normalized spacial score (nSPS) is 15.8. The molecule has 0 radical (unpaired) electrons. The van der Waals surface area contributed by atoms with E-state index in [-0.39, 0.29) is 22.8 Å². The van der Waals surface area contributed by atoms with Crippen LogP contribution < -0.4 is 10.1 Å². The first-order chi connectivity index (χ1) is 10.0. The van der Waals surface area contributed by atoms with Crippen LogP contribution in [0.15, 0.2) is 18.2 Å². The monoisotopic (exact) mass is 292 g/mol. The third-order valence-corrected chi connectivity index (χ3v) is 3.71. The molecule has 1 aromatic rings. The molecule has 0 heterocycles. The first-order valence-corrected chi connectivity index (χ1v) is 7.71. The number of nitro benzene ring substituents is 1. The molecule has 1 aliphatic rings. The van der Waals surface area contributed by atoms with Gasteiger partial charge in [-0.15, -0.1) is 0 Å². The molecular formula is C16H24N2O3. The van der Waals surface area contributed by atoms with Crippen molar-refractivity contribution in [2.24, 2.45) is 5.92 Å².